The molecular formula is C11H14N2O3. The Labute approximate surface area is 93.2 Å². The van der Waals surface area contributed by atoms with E-state index in [-0.39, 0.29) is 23.0 Å². The third-order valence-electron chi connectivity index (χ3n) is 1.92. The average molecular weight is 222 g/mol. The number of hydrogen-bond donors (Lipinski definition) is 4. The number of aromatic hydroxyl groups is 2. The van der Waals surface area contributed by atoms with Crippen molar-refractivity contribution in [3.63, 3.8) is 0 Å². The monoisotopic (exact) mass is 222 g/mol. The quantitative estimate of drug-likeness (QED) is 0.436. The Morgan fingerprint density at radius 1 is 1.31 bits per heavy atom. The van der Waals surface area contributed by atoms with E-state index in [1.54, 1.807) is 12.2 Å². The van der Waals surface area contributed by atoms with Crippen LogP contribution in [0.4, 0.5) is 0 Å². The summed E-state index contributed by atoms with van der Waals surface area (Å²) in [5.74, 6) is -0.887. The first-order valence-electron chi connectivity index (χ1n) is 4.80. The maximum atomic E-state index is 11.5. The van der Waals surface area contributed by atoms with Crippen molar-refractivity contribution in [1.82, 2.24) is 5.32 Å². The first-order valence-corrected chi connectivity index (χ1v) is 4.80. The van der Waals surface area contributed by atoms with Gasteiger partial charge in [-0.3, -0.25) is 4.79 Å². The molecule has 1 amide bonds. The lowest BCUT2D eigenvalue weighted by atomic mass is 10.2. The number of carbonyl (C=O) groups is 1. The van der Waals surface area contributed by atoms with Crippen LogP contribution >= 0.6 is 0 Å². The Balaban J connectivity index is 2.59. The zero-order valence-corrected chi connectivity index (χ0v) is 8.68. The Bertz CT molecular complexity index is 402. The molecule has 5 N–H and O–H groups in total. The van der Waals surface area contributed by atoms with Crippen molar-refractivity contribution in [2.45, 2.75) is 0 Å². The number of hydrogen-bond acceptors (Lipinski definition) is 4. The third-order valence-corrected chi connectivity index (χ3v) is 1.92. The lowest BCUT2D eigenvalue weighted by Gasteiger charge is -2.03. The minimum atomic E-state index is -0.322. The van der Waals surface area contributed by atoms with Crippen LogP contribution in [0, 0.1) is 0 Å². The van der Waals surface area contributed by atoms with Gasteiger partial charge in [-0.15, -0.1) is 0 Å². The Kier molecular flexibility index (Phi) is 4.35. The summed E-state index contributed by atoms with van der Waals surface area (Å²) in [6, 6.07) is 3.90. The van der Waals surface area contributed by atoms with E-state index in [2.05, 4.69) is 5.32 Å². The number of carbonyl (C=O) groups excluding carboxylic acids is 1. The molecule has 0 radical (unpaired) electrons. The maximum absolute atomic E-state index is 11.5. The van der Waals surface area contributed by atoms with E-state index in [9.17, 15) is 9.90 Å². The van der Waals surface area contributed by atoms with Gasteiger partial charge in [0.05, 0.1) is 0 Å². The third kappa shape index (κ3) is 3.29. The van der Waals surface area contributed by atoms with Gasteiger partial charge in [0, 0.05) is 18.7 Å². The number of amides is 1. The number of benzene rings is 1. The molecule has 0 aliphatic rings. The second-order valence-corrected chi connectivity index (χ2v) is 3.12. The summed E-state index contributed by atoms with van der Waals surface area (Å²) in [6.45, 7) is 0.799. The molecule has 1 rings (SSSR count). The van der Waals surface area contributed by atoms with Crippen LogP contribution < -0.4 is 11.1 Å². The number of nitrogens with one attached hydrogen (secondary N) is 1. The molecule has 0 saturated heterocycles. The normalized spacial score (nSPS) is 10.6. The van der Waals surface area contributed by atoms with Crippen LogP contribution in [0.25, 0.3) is 0 Å². The van der Waals surface area contributed by atoms with E-state index in [1.807, 2.05) is 0 Å². The van der Waals surface area contributed by atoms with E-state index in [0.29, 0.717) is 13.1 Å². The summed E-state index contributed by atoms with van der Waals surface area (Å²) < 4.78 is 0. The topological polar surface area (TPSA) is 95.6 Å². The predicted molar refractivity (Wildman–Crippen MR) is 60.3 cm³/mol. The molecule has 5 nitrogen and oxygen atoms in total. The Morgan fingerprint density at radius 3 is 2.69 bits per heavy atom. The maximum Gasteiger partial charge on any atom is 0.251 e. The Morgan fingerprint density at radius 2 is 2.06 bits per heavy atom. The highest BCUT2D eigenvalue weighted by atomic mass is 16.3. The molecule has 0 saturated carbocycles. The van der Waals surface area contributed by atoms with E-state index >= 15 is 0 Å². The molecule has 16 heavy (non-hydrogen) atoms. The molecular weight excluding hydrogens is 208 g/mol. The molecule has 1 aromatic carbocycles. The van der Waals surface area contributed by atoms with Gasteiger partial charge in [0.15, 0.2) is 11.5 Å². The highest BCUT2D eigenvalue weighted by molar-refractivity contribution is 5.94. The highest BCUT2D eigenvalue weighted by Crippen LogP contribution is 2.24. The van der Waals surface area contributed by atoms with E-state index < -0.39 is 0 Å². The minimum absolute atomic E-state index is 0.250. The molecule has 0 bridgehead atoms. The Hall–Kier alpha value is -2.01. The largest absolute Gasteiger partial charge is 0.504 e. The van der Waals surface area contributed by atoms with Crippen LogP contribution in [-0.4, -0.2) is 29.2 Å². The van der Waals surface area contributed by atoms with Crippen LogP contribution in [0.2, 0.25) is 0 Å². The van der Waals surface area contributed by atoms with Gasteiger partial charge in [0.1, 0.15) is 0 Å². The molecule has 0 fully saturated rings. The molecule has 0 aliphatic carbocycles. The number of phenolic OH excluding ortho intramolecular Hbond substituents is 2. The van der Waals surface area contributed by atoms with Gasteiger partial charge >= 0.3 is 0 Å². The van der Waals surface area contributed by atoms with Gasteiger partial charge in [0.2, 0.25) is 0 Å². The lowest BCUT2D eigenvalue weighted by molar-refractivity contribution is 0.0957. The van der Waals surface area contributed by atoms with Gasteiger partial charge in [-0.25, -0.2) is 0 Å². The van der Waals surface area contributed by atoms with E-state index in [0.717, 1.165) is 0 Å². The zero-order valence-electron chi connectivity index (χ0n) is 8.68. The SMILES string of the molecule is NC/C=C/CNC(=O)c1ccc(O)c(O)c1. The molecule has 0 aromatic heterocycles. The van der Waals surface area contributed by atoms with Crippen molar-refractivity contribution < 1.29 is 15.0 Å². The fourth-order valence-electron chi connectivity index (χ4n) is 1.10. The van der Waals surface area contributed by atoms with Crippen molar-refractivity contribution in [1.29, 1.82) is 0 Å². The van der Waals surface area contributed by atoms with Crippen molar-refractivity contribution in [3.05, 3.63) is 35.9 Å². The second-order valence-electron chi connectivity index (χ2n) is 3.12. The van der Waals surface area contributed by atoms with Crippen molar-refractivity contribution in [3.8, 4) is 11.5 Å². The van der Waals surface area contributed by atoms with Gasteiger partial charge in [0.25, 0.3) is 5.91 Å². The first kappa shape index (κ1) is 12.1. The van der Waals surface area contributed by atoms with Crippen LogP contribution in [-0.2, 0) is 0 Å². The molecule has 5 heteroatoms. The van der Waals surface area contributed by atoms with Crippen LogP contribution in [0.3, 0.4) is 0 Å². The molecule has 0 unspecified atom stereocenters. The minimum Gasteiger partial charge on any atom is -0.504 e. The summed E-state index contributed by atoms with van der Waals surface area (Å²) in [7, 11) is 0. The van der Waals surface area contributed by atoms with Gasteiger partial charge in [-0.05, 0) is 18.2 Å². The highest BCUT2D eigenvalue weighted by Gasteiger charge is 2.07. The smallest absolute Gasteiger partial charge is 0.251 e. The molecule has 1 aromatic rings. The molecule has 0 spiro atoms. The second kappa shape index (κ2) is 5.77. The van der Waals surface area contributed by atoms with Gasteiger partial charge in [-0.1, -0.05) is 12.2 Å². The van der Waals surface area contributed by atoms with Crippen molar-refractivity contribution in [2.75, 3.05) is 13.1 Å². The average Bonchev–Trinajstić information content (AvgIpc) is 2.28. The number of phenols is 2. The fraction of sp³-hybridized carbons (Fsp3) is 0.182. The summed E-state index contributed by atoms with van der Waals surface area (Å²) in [5, 5.41) is 20.9. The first-order chi connectivity index (χ1) is 7.65. The summed E-state index contributed by atoms with van der Waals surface area (Å²) in [6.07, 6.45) is 3.47. The van der Waals surface area contributed by atoms with Gasteiger partial charge in [-0.2, -0.15) is 0 Å². The predicted octanol–water partition coefficient (Wildman–Crippen LogP) is 0.342. The lowest BCUT2D eigenvalue weighted by Crippen LogP contribution is -2.23. The van der Waals surface area contributed by atoms with Gasteiger partial charge < -0.3 is 21.3 Å². The van der Waals surface area contributed by atoms with E-state index in [4.69, 9.17) is 10.8 Å². The number of nitrogens with two attached hydrogens (primary N) is 1. The molecule has 0 aliphatic heterocycles. The van der Waals surface area contributed by atoms with Crippen LogP contribution in [0.1, 0.15) is 10.4 Å². The summed E-state index contributed by atoms with van der Waals surface area (Å²) in [4.78, 5) is 11.5. The molecule has 0 heterocycles. The zero-order chi connectivity index (χ0) is 12.0. The van der Waals surface area contributed by atoms with Crippen molar-refractivity contribution in [2.24, 2.45) is 5.73 Å². The standard InChI is InChI=1S/C11H14N2O3/c12-5-1-2-6-13-11(16)8-3-4-9(14)10(15)7-8/h1-4,7,14-15H,5-6,12H2,(H,13,16)/b2-1+. The summed E-state index contributed by atoms with van der Waals surface area (Å²) >= 11 is 0. The fourth-order valence-corrected chi connectivity index (χ4v) is 1.10. The number of rotatable bonds is 4. The summed E-state index contributed by atoms with van der Waals surface area (Å²) in [5.41, 5.74) is 5.52. The van der Waals surface area contributed by atoms with E-state index in [1.165, 1.54) is 18.2 Å². The van der Waals surface area contributed by atoms with Crippen LogP contribution in [0.5, 0.6) is 11.5 Å². The van der Waals surface area contributed by atoms with Crippen molar-refractivity contribution >= 4 is 5.91 Å². The molecule has 0 atom stereocenters. The van der Waals surface area contributed by atoms with Crippen LogP contribution in [0.15, 0.2) is 30.4 Å². The molecule has 86 valence electrons.